The maximum atomic E-state index is 5.74. The number of pyridine rings is 1. The fourth-order valence-corrected chi connectivity index (χ4v) is 3.24. The number of rotatable bonds is 4. The maximum absolute atomic E-state index is 5.74. The Bertz CT molecular complexity index is 651. The highest BCUT2D eigenvalue weighted by atomic mass is 15.3. The Balaban J connectivity index is 1.68. The number of nitrogens with zero attached hydrogens (tertiary/aromatic N) is 3. The summed E-state index contributed by atoms with van der Waals surface area (Å²) < 4.78 is 2.18. The van der Waals surface area contributed by atoms with Crippen molar-refractivity contribution < 1.29 is 0 Å². The summed E-state index contributed by atoms with van der Waals surface area (Å²) in [6.07, 6.45) is 8.99. The first-order valence-corrected chi connectivity index (χ1v) is 7.96. The van der Waals surface area contributed by atoms with Gasteiger partial charge in [-0.2, -0.15) is 5.10 Å². The van der Waals surface area contributed by atoms with E-state index in [4.69, 9.17) is 10.8 Å². The van der Waals surface area contributed by atoms with E-state index in [1.165, 1.54) is 42.5 Å². The lowest BCUT2D eigenvalue weighted by atomic mass is 9.80. The smallest absolute Gasteiger partial charge is 0.0749 e. The Morgan fingerprint density at radius 3 is 2.81 bits per heavy atom. The van der Waals surface area contributed by atoms with Crippen LogP contribution in [-0.4, -0.2) is 21.3 Å². The SMILES string of the molecule is Cc1ccnc(-c2cn(C3CC(CN)C3)nc2C2CC2)c1. The molecule has 4 heteroatoms. The third kappa shape index (κ3) is 2.38. The van der Waals surface area contributed by atoms with Crippen LogP contribution in [0.25, 0.3) is 11.3 Å². The van der Waals surface area contributed by atoms with Crippen LogP contribution in [0.1, 0.15) is 48.9 Å². The average molecular weight is 282 g/mol. The zero-order valence-corrected chi connectivity index (χ0v) is 12.5. The molecule has 2 aromatic heterocycles. The highest BCUT2D eigenvalue weighted by molar-refractivity contribution is 5.63. The van der Waals surface area contributed by atoms with Crippen molar-refractivity contribution in [2.45, 2.75) is 44.6 Å². The normalized spacial score (nSPS) is 24.9. The molecule has 4 nitrogen and oxygen atoms in total. The minimum atomic E-state index is 0.537. The second kappa shape index (κ2) is 4.95. The van der Waals surface area contributed by atoms with Crippen LogP contribution in [-0.2, 0) is 0 Å². The van der Waals surface area contributed by atoms with Gasteiger partial charge in [-0.05, 0) is 62.8 Å². The monoisotopic (exact) mass is 282 g/mol. The first kappa shape index (κ1) is 13.0. The largest absolute Gasteiger partial charge is 0.330 e. The summed E-state index contributed by atoms with van der Waals surface area (Å²) in [5.74, 6) is 1.33. The Labute approximate surface area is 125 Å². The van der Waals surface area contributed by atoms with E-state index in [0.717, 1.165) is 12.2 Å². The van der Waals surface area contributed by atoms with Gasteiger partial charge in [0.05, 0.1) is 17.4 Å². The fraction of sp³-hybridized carbons (Fsp3) is 0.529. The first-order valence-electron chi connectivity index (χ1n) is 7.96. The molecule has 2 aromatic rings. The molecule has 2 saturated carbocycles. The van der Waals surface area contributed by atoms with Gasteiger partial charge in [0.1, 0.15) is 0 Å². The molecule has 2 aliphatic rings. The molecular weight excluding hydrogens is 260 g/mol. The number of aryl methyl sites for hydroxylation is 1. The minimum absolute atomic E-state index is 0.537. The van der Waals surface area contributed by atoms with Crippen LogP contribution in [0.5, 0.6) is 0 Å². The second-order valence-corrected chi connectivity index (χ2v) is 6.63. The second-order valence-electron chi connectivity index (χ2n) is 6.63. The molecule has 2 fully saturated rings. The molecular formula is C17H22N4. The summed E-state index contributed by atoms with van der Waals surface area (Å²) in [7, 11) is 0. The molecule has 0 aliphatic heterocycles. The van der Waals surface area contributed by atoms with E-state index in [1.54, 1.807) is 0 Å². The molecule has 0 spiro atoms. The van der Waals surface area contributed by atoms with E-state index in [9.17, 15) is 0 Å². The van der Waals surface area contributed by atoms with Gasteiger partial charge in [-0.3, -0.25) is 9.67 Å². The molecule has 0 amide bonds. The Kier molecular flexibility index (Phi) is 3.07. The minimum Gasteiger partial charge on any atom is -0.330 e. The third-order valence-electron chi connectivity index (χ3n) is 4.83. The van der Waals surface area contributed by atoms with Crippen LogP contribution < -0.4 is 5.73 Å². The predicted molar refractivity (Wildman–Crippen MR) is 83.0 cm³/mol. The molecule has 0 aromatic carbocycles. The zero-order chi connectivity index (χ0) is 14.4. The molecule has 0 atom stereocenters. The van der Waals surface area contributed by atoms with Crippen molar-refractivity contribution in [3.8, 4) is 11.3 Å². The quantitative estimate of drug-likeness (QED) is 0.937. The van der Waals surface area contributed by atoms with Gasteiger partial charge < -0.3 is 5.73 Å². The number of nitrogens with two attached hydrogens (primary N) is 1. The van der Waals surface area contributed by atoms with E-state index in [1.807, 2.05) is 12.3 Å². The molecule has 4 rings (SSSR count). The topological polar surface area (TPSA) is 56.7 Å². The van der Waals surface area contributed by atoms with Gasteiger partial charge in [-0.1, -0.05) is 0 Å². The summed E-state index contributed by atoms with van der Waals surface area (Å²) in [4.78, 5) is 4.55. The highest BCUT2D eigenvalue weighted by Crippen LogP contribution is 2.45. The fourth-order valence-electron chi connectivity index (χ4n) is 3.24. The molecule has 0 unspecified atom stereocenters. The lowest BCUT2D eigenvalue weighted by Gasteiger charge is -2.34. The first-order chi connectivity index (χ1) is 10.2. The number of aromatic nitrogens is 3. The van der Waals surface area contributed by atoms with Crippen molar-refractivity contribution in [1.29, 1.82) is 0 Å². The van der Waals surface area contributed by atoms with Crippen molar-refractivity contribution in [2.75, 3.05) is 6.54 Å². The van der Waals surface area contributed by atoms with Crippen molar-refractivity contribution in [3.05, 3.63) is 35.8 Å². The van der Waals surface area contributed by atoms with E-state index in [2.05, 4.69) is 28.9 Å². The Morgan fingerprint density at radius 2 is 2.14 bits per heavy atom. The van der Waals surface area contributed by atoms with E-state index >= 15 is 0 Å². The number of hydrogen-bond acceptors (Lipinski definition) is 3. The summed E-state index contributed by atoms with van der Waals surface area (Å²) in [6, 6.07) is 4.74. The van der Waals surface area contributed by atoms with Crippen LogP contribution in [0.15, 0.2) is 24.5 Å². The molecule has 21 heavy (non-hydrogen) atoms. The van der Waals surface area contributed by atoms with Crippen molar-refractivity contribution >= 4 is 0 Å². The lowest BCUT2D eigenvalue weighted by Crippen LogP contribution is -2.32. The van der Waals surface area contributed by atoms with E-state index in [-0.39, 0.29) is 0 Å². The van der Waals surface area contributed by atoms with Gasteiger partial charge in [-0.25, -0.2) is 0 Å². The highest BCUT2D eigenvalue weighted by Gasteiger charge is 2.34. The van der Waals surface area contributed by atoms with Gasteiger partial charge in [0.15, 0.2) is 0 Å². The molecule has 0 saturated heterocycles. The van der Waals surface area contributed by atoms with Crippen LogP contribution in [0.3, 0.4) is 0 Å². The molecule has 0 radical (unpaired) electrons. The zero-order valence-electron chi connectivity index (χ0n) is 12.5. The standard InChI is InChI=1S/C17H22N4/c1-11-4-5-19-16(6-11)15-10-21(14-7-12(8-14)9-18)20-17(15)13-2-3-13/h4-6,10,12-14H,2-3,7-9,18H2,1H3. The molecule has 110 valence electrons. The van der Waals surface area contributed by atoms with Gasteiger partial charge in [0.25, 0.3) is 0 Å². The molecule has 0 bridgehead atoms. The Hall–Kier alpha value is -1.68. The average Bonchev–Trinajstić information content (AvgIpc) is 3.18. The summed E-state index contributed by atoms with van der Waals surface area (Å²) in [5.41, 5.74) is 10.5. The summed E-state index contributed by atoms with van der Waals surface area (Å²) in [5, 5.41) is 4.90. The van der Waals surface area contributed by atoms with Crippen molar-refractivity contribution in [1.82, 2.24) is 14.8 Å². The van der Waals surface area contributed by atoms with Gasteiger partial charge in [0.2, 0.25) is 0 Å². The lowest BCUT2D eigenvalue weighted by molar-refractivity contribution is 0.189. The van der Waals surface area contributed by atoms with Gasteiger partial charge in [-0.15, -0.1) is 0 Å². The van der Waals surface area contributed by atoms with E-state index < -0.39 is 0 Å². The molecule has 2 heterocycles. The summed E-state index contributed by atoms with van der Waals surface area (Å²) in [6.45, 7) is 2.92. The number of hydrogen-bond donors (Lipinski definition) is 1. The van der Waals surface area contributed by atoms with Crippen LogP contribution in [0.2, 0.25) is 0 Å². The van der Waals surface area contributed by atoms with Gasteiger partial charge in [0, 0.05) is 23.9 Å². The molecule has 2 N–H and O–H groups in total. The van der Waals surface area contributed by atoms with E-state index in [0.29, 0.717) is 17.9 Å². The third-order valence-corrected chi connectivity index (χ3v) is 4.83. The van der Waals surface area contributed by atoms with Gasteiger partial charge >= 0.3 is 0 Å². The predicted octanol–water partition coefficient (Wildman–Crippen LogP) is 3.04. The van der Waals surface area contributed by atoms with Crippen molar-refractivity contribution in [2.24, 2.45) is 11.7 Å². The van der Waals surface area contributed by atoms with Crippen LogP contribution in [0, 0.1) is 12.8 Å². The van der Waals surface area contributed by atoms with Crippen LogP contribution in [0.4, 0.5) is 0 Å². The van der Waals surface area contributed by atoms with Crippen LogP contribution >= 0.6 is 0 Å². The Morgan fingerprint density at radius 1 is 1.33 bits per heavy atom. The summed E-state index contributed by atoms with van der Waals surface area (Å²) >= 11 is 0. The van der Waals surface area contributed by atoms with Crippen molar-refractivity contribution in [3.63, 3.8) is 0 Å². The maximum Gasteiger partial charge on any atom is 0.0749 e. The molecule has 2 aliphatic carbocycles.